The van der Waals surface area contributed by atoms with Gasteiger partial charge in [-0.05, 0) is 63.0 Å². The van der Waals surface area contributed by atoms with Gasteiger partial charge in [0.05, 0.1) is 16.5 Å². The molecule has 1 atom stereocenters. The van der Waals surface area contributed by atoms with Crippen LogP contribution in [0.1, 0.15) is 24.0 Å². The molecule has 0 saturated carbocycles. The fourth-order valence-electron chi connectivity index (χ4n) is 2.85. The second-order valence-electron chi connectivity index (χ2n) is 5.52. The van der Waals surface area contributed by atoms with Crippen LogP contribution in [0, 0.1) is 24.2 Å². The van der Waals surface area contributed by atoms with Crippen LogP contribution in [-0.2, 0) is 10.0 Å². The highest BCUT2D eigenvalue weighted by atomic mass is 35.5. The van der Waals surface area contributed by atoms with Gasteiger partial charge in [0, 0.05) is 13.1 Å². The molecule has 1 heterocycles. The molecule has 1 unspecified atom stereocenters. The monoisotopic (exact) mass is 343 g/mol. The van der Waals surface area contributed by atoms with E-state index in [0.29, 0.717) is 35.0 Å². The van der Waals surface area contributed by atoms with E-state index in [2.05, 4.69) is 5.32 Å². The van der Waals surface area contributed by atoms with Crippen LogP contribution >= 0.6 is 12.4 Å². The molecule has 1 aliphatic rings. The summed E-state index contributed by atoms with van der Waals surface area (Å²) in [7, 11) is -1.59. The van der Waals surface area contributed by atoms with E-state index in [1.165, 1.54) is 0 Å². The first-order valence-corrected chi connectivity index (χ1v) is 8.58. The summed E-state index contributed by atoms with van der Waals surface area (Å²) in [5.41, 5.74) is 1.11. The Morgan fingerprint density at radius 1 is 1.45 bits per heavy atom. The average molecular weight is 344 g/mol. The Labute approximate surface area is 138 Å². The maximum Gasteiger partial charge on any atom is 0.243 e. The third-order valence-electron chi connectivity index (χ3n) is 3.90. The highest BCUT2D eigenvalue weighted by Gasteiger charge is 2.30. The van der Waals surface area contributed by atoms with E-state index in [9.17, 15) is 8.42 Å². The first-order valence-electron chi connectivity index (χ1n) is 7.14. The minimum Gasteiger partial charge on any atom is -0.319 e. The molecule has 5 nitrogen and oxygen atoms in total. The van der Waals surface area contributed by atoms with Gasteiger partial charge >= 0.3 is 0 Å². The molecular weight excluding hydrogens is 322 g/mol. The van der Waals surface area contributed by atoms with E-state index in [1.807, 2.05) is 13.1 Å². The smallest absolute Gasteiger partial charge is 0.243 e. The van der Waals surface area contributed by atoms with E-state index in [4.69, 9.17) is 5.26 Å². The lowest BCUT2D eigenvalue weighted by atomic mass is 10.00. The third kappa shape index (κ3) is 3.99. The van der Waals surface area contributed by atoms with Crippen LogP contribution < -0.4 is 5.32 Å². The molecule has 0 radical (unpaired) electrons. The molecule has 2 rings (SSSR count). The van der Waals surface area contributed by atoms with E-state index < -0.39 is 10.0 Å². The van der Waals surface area contributed by atoms with Crippen LogP contribution in [0.15, 0.2) is 23.1 Å². The number of halogens is 1. The van der Waals surface area contributed by atoms with Crippen molar-refractivity contribution in [1.29, 1.82) is 5.26 Å². The number of nitrogens with one attached hydrogen (secondary N) is 1. The molecule has 0 amide bonds. The zero-order valence-electron chi connectivity index (χ0n) is 12.9. The normalized spacial score (nSPS) is 19.2. The van der Waals surface area contributed by atoms with Crippen molar-refractivity contribution in [3.8, 4) is 6.07 Å². The van der Waals surface area contributed by atoms with Gasteiger partial charge in [0.15, 0.2) is 0 Å². The number of nitrogens with zero attached hydrogens (tertiary/aromatic N) is 2. The lowest BCUT2D eigenvalue weighted by Gasteiger charge is -2.32. The summed E-state index contributed by atoms with van der Waals surface area (Å²) >= 11 is 0. The molecule has 0 spiro atoms. The summed E-state index contributed by atoms with van der Waals surface area (Å²) in [6.07, 6.45) is 1.94. The largest absolute Gasteiger partial charge is 0.319 e. The number of rotatable bonds is 4. The van der Waals surface area contributed by atoms with Crippen LogP contribution in [-0.4, -0.2) is 39.4 Å². The van der Waals surface area contributed by atoms with E-state index in [0.717, 1.165) is 19.4 Å². The molecule has 122 valence electrons. The Balaban J connectivity index is 0.00000242. The lowest BCUT2D eigenvalue weighted by Crippen LogP contribution is -2.42. The van der Waals surface area contributed by atoms with Crippen molar-refractivity contribution in [3.05, 3.63) is 29.3 Å². The zero-order valence-corrected chi connectivity index (χ0v) is 14.5. The minimum absolute atomic E-state index is 0. The topological polar surface area (TPSA) is 73.2 Å². The van der Waals surface area contributed by atoms with Gasteiger partial charge in [0.2, 0.25) is 10.0 Å². The first kappa shape index (κ1) is 18.9. The summed E-state index contributed by atoms with van der Waals surface area (Å²) in [5, 5.41) is 12.0. The third-order valence-corrected chi connectivity index (χ3v) is 5.92. The molecule has 1 aliphatic heterocycles. The Morgan fingerprint density at radius 3 is 2.77 bits per heavy atom. The number of aryl methyl sites for hydroxylation is 1. The quantitative estimate of drug-likeness (QED) is 0.906. The maximum absolute atomic E-state index is 12.8. The van der Waals surface area contributed by atoms with Crippen molar-refractivity contribution in [1.82, 2.24) is 9.62 Å². The maximum atomic E-state index is 12.8. The number of piperidine rings is 1. The van der Waals surface area contributed by atoms with E-state index in [-0.39, 0.29) is 12.4 Å². The predicted molar refractivity (Wildman–Crippen MR) is 88.6 cm³/mol. The molecule has 0 bridgehead atoms. The van der Waals surface area contributed by atoms with Crippen LogP contribution in [0.4, 0.5) is 0 Å². The number of nitriles is 1. The molecule has 1 aromatic carbocycles. The number of sulfonamides is 1. The van der Waals surface area contributed by atoms with Gasteiger partial charge in [-0.15, -0.1) is 12.4 Å². The van der Waals surface area contributed by atoms with Crippen LogP contribution in [0.5, 0.6) is 0 Å². The summed E-state index contributed by atoms with van der Waals surface area (Å²) in [5.74, 6) is 0.359. The molecule has 1 saturated heterocycles. The predicted octanol–water partition coefficient (Wildman–Crippen LogP) is 1.91. The molecule has 1 N–H and O–H groups in total. The fraction of sp³-hybridized carbons (Fsp3) is 0.533. The second kappa shape index (κ2) is 7.93. The molecule has 1 aromatic rings. The number of hydrogen-bond donors (Lipinski definition) is 1. The molecule has 0 aliphatic carbocycles. The summed E-state index contributed by atoms with van der Waals surface area (Å²) in [6.45, 7) is 3.70. The van der Waals surface area contributed by atoms with Crippen LogP contribution in [0.2, 0.25) is 0 Å². The van der Waals surface area contributed by atoms with Crippen molar-refractivity contribution in [2.75, 3.05) is 26.7 Å². The average Bonchev–Trinajstić information content (AvgIpc) is 2.47. The van der Waals surface area contributed by atoms with Gasteiger partial charge < -0.3 is 5.32 Å². The minimum atomic E-state index is -3.47. The molecular formula is C15H22ClN3O2S. The summed E-state index contributed by atoms with van der Waals surface area (Å²) in [4.78, 5) is 0.312. The molecule has 1 fully saturated rings. The first-order chi connectivity index (χ1) is 9.98. The molecule has 7 heteroatoms. The SMILES string of the molecule is CNCC1CCCN(S(=O)(=O)c2ccc(C#N)cc2C)C1.Cl. The highest BCUT2D eigenvalue weighted by molar-refractivity contribution is 7.89. The number of hydrogen-bond acceptors (Lipinski definition) is 4. The standard InChI is InChI=1S/C15H21N3O2S.ClH/c1-12-8-13(9-16)5-6-15(12)21(19,20)18-7-3-4-14(11-18)10-17-2;/h5-6,8,14,17H,3-4,7,10-11H2,1-2H3;1H. The van der Waals surface area contributed by atoms with Crippen molar-refractivity contribution in [3.63, 3.8) is 0 Å². The Hall–Kier alpha value is -1.13. The van der Waals surface area contributed by atoms with Gasteiger partial charge in [-0.2, -0.15) is 9.57 Å². The van der Waals surface area contributed by atoms with Gasteiger partial charge in [-0.25, -0.2) is 8.42 Å². The Morgan fingerprint density at radius 2 is 2.18 bits per heavy atom. The highest BCUT2D eigenvalue weighted by Crippen LogP contribution is 2.25. The second-order valence-corrected chi connectivity index (χ2v) is 7.43. The summed E-state index contributed by atoms with van der Waals surface area (Å²) < 4.78 is 27.1. The number of benzene rings is 1. The Kier molecular flexibility index (Phi) is 6.82. The van der Waals surface area contributed by atoms with Crippen molar-refractivity contribution in [2.45, 2.75) is 24.7 Å². The van der Waals surface area contributed by atoms with Crippen molar-refractivity contribution >= 4 is 22.4 Å². The van der Waals surface area contributed by atoms with Gasteiger partial charge in [0.25, 0.3) is 0 Å². The molecule has 0 aromatic heterocycles. The fourth-order valence-corrected chi connectivity index (χ4v) is 4.61. The van der Waals surface area contributed by atoms with Gasteiger partial charge in [-0.1, -0.05) is 0 Å². The Bertz CT molecular complexity index is 653. The van der Waals surface area contributed by atoms with Crippen molar-refractivity contribution < 1.29 is 8.42 Å². The van der Waals surface area contributed by atoms with Gasteiger partial charge in [0.1, 0.15) is 0 Å². The van der Waals surface area contributed by atoms with E-state index in [1.54, 1.807) is 29.4 Å². The van der Waals surface area contributed by atoms with Crippen LogP contribution in [0.3, 0.4) is 0 Å². The van der Waals surface area contributed by atoms with Gasteiger partial charge in [-0.3, -0.25) is 0 Å². The summed E-state index contributed by atoms with van der Waals surface area (Å²) in [6, 6.07) is 6.77. The molecule has 22 heavy (non-hydrogen) atoms. The lowest BCUT2D eigenvalue weighted by molar-refractivity contribution is 0.263. The zero-order chi connectivity index (χ0) is 15.5. The van der Waals surface area contributed by atoms with E-state index >= 15 is 0 Å². The van der Waals surface area contributed by atoms with Crippen molar-refractivity contribution in [2.24, 2.45) is 5.92 Å². The van der Waals surface area contributed by atoms with Crippen LogP contribution in [0.25, 0.3) is 0 Å².